The van der Waals surface area contributed by atoms with Crippen molar-refractivity contribution in [3.63, 3.8) is 0 Å². The summed E-state index contributed by atoms with van der Waals surface area (Å²) in [7, 11) is 0. The van der Waals surface area contributed by atoms with Gasteiger partial charge in [-0.2, -0.15) is 0 Å². The average Bonchev–Trinajstić information content (AvgIpc) is 3.28. The first-order valence-corrected chi connectivity index (χ1v) is 11.5. The summed E-state index contributed by atoms with van der Waals surface area (Å²) < 4.78 is 0. The van der Waals surface area contributed by atoms with Crippen molar-refractivity contribution in [3.8, 4) is 22.3 Å². The number of pyridine rings is 2. The normalized spacial score (nSPS) is 11.5. The molecule has 0 saturated heterocycles. The lowest BCUT2D eigenvalue weighted by Gasteiger charge is -2.20. The van der Waals surface area contributed by atoms with Crippen LogP contribution in [0.3, 0.4) is 0 Å². The number of aromatic nitrogens is 2. The Bertz CT molecular complexity index is 1700. The number of amides is 1. The number of hydrogen-bond donors (Lipinski definition) is 3. The van der Waals surface area contributed by atoms with Crippen molar-refractivity contribution in [2.24, 2.45) is 5.73 Å². The molecule has 1 amide bonds. The summed E-state index contributed by atoms with van der Waals surface area (Å²) in [4.78, 5) is 22.6. The van der Waals surface area contributed by atoms with Gasteiger partial charge in [-0.1, -0.05) is 30.7 Å². The Morgan fingerprint density at radius 2 is 2.06 bits per heavy atom. The molecule has 0 aliphatic carbocycles. The van der Waals surface area contributed by atoms with E-state index in [1.54, 1.807) is 23.7 Å². The lowest BCUT2D eigenvalue weighted by molar-refractivity contribution is -0.112. The number of primary amides is 1. The number of nitrogens with zero attached hydrogens (tertiary/aromatic N) is 2. The fourth-order valence-corrected chi connectivity index (χ4v) is 4.78. The molecule has 0 radical (unpaired) electrons. The highest BCUT2D eigenvalue weighted by atomic mass is 32.1. The molecule has 166 valence electrons. The number of nitrogens with one attached hydrogen (secondary N) is 2. The van der Waals surface area contributed by atoms with Crippen molar-refractivity contribution in [2.75, 3.05) is 5.32 Å². The van der Waals surface area contributed by atoms with Crippen LogP contribution in [-0.2, 0) is 11.3 Å². The summed E-state index contributed by atoms with van der Waals surface area (Å²) in [5.41, 5.74) is 8.60. The highest BCUT2D eigenvalue weighted by Crippen LogP contribution is 2.28. The summed E-state index contributed by atoms with van der Waals surface area (Å²) >= 11 is 1.75. The SMILES string of the molecule is C=c1ncc(C#CC(N)=O)c2c1=c1cc(-c3ccc(C)s3)ccc1=C(NCc1ccccn1)N2. The minimum Gasteiger partial charge on any atom is -0.365 e. The lowest BCUT2D eigenvalue weighted by Crippen LogP contribution is -2.31. The Morgan fingerprint density at radius 1 is 1.18 bits per heavy atom. The molecular formula is C27H21N5OS. The van der Waals surface area contributed by atoms with E-state index in [9.17, 15) is 4.79 Å². The zero-order chi connectivity index (χ0) is 23.7. The number of rotatable bonds is 4. The van der Waals surface area contributed by atoms with E-state index >= 15 is 0 Å². The van der Waals surface area contributed by atoms with Crippen LogP contribution in [0.4, 0.5) is 5.69 Å². The zero-order valence-corrected chi connectivity index (χ0v) is 19.3. The van der Waals surface area contributed by atoms with Crippen LogP contribution in [-0.4, -0.2) is 15.9 Å². The first-order chi connectivity index (χ1) is 16.5. The molecule has 0 saturated carbocycles. The maximum Gasteiger partial charge on any atom is 0.293 e. The second-order valence-corrected chi connectivity index (χ2v) is 9.12. The maximum atomic E-state index is 11.3. The maximum absolute atomic E-state index is 11.3. The van der Waals surface area contributed by atoms with E-state index in [4.69, 9.17) is 5.73 Å². The number of benzene rings is 1. The molecule has 1 aliphatic heterocycles. The summed E-state index contributed by atoms with van der Waals surface area (Å²) in [6.07, 6.45) is 3.38. The van der Waals surface area contributed by atoms with Crippen molar-refractivity contribution >= 4 is 35.3 Å². The number of anilines is 1. The Hall–Kier alpha value is -4.41. The first-order valence-electron chi connectivity index (χ1n) is 10.7. The number of hydrogen-bond acceptors (Lipinski definition) is 6. The molecule has 0 bridgehead atoms. The van der Waals surface area contributed by atoms with E-state index < -0.39 is 5.91 Å². The number of thiophene rings is 1. The molecule has 1 aromatic carbocycles. The van der Waals surface area contributed by atoms with Crippen molar-refractivity contribution in [3.05, 3.63) is 98.1 Å². The molecule has 0 spiro atoms. The molecule has 1 aliphatic rings. The third-order valence-electron chi connectivity index (χ3n) is 5.48. The molecule has 0 atom stereocenters. The molecule has 34 heavy (non-hydrogen) atoms. The Kier molecular flexibility index (Phi) is 5.58. The van der Waals surface area contributed by atoms with E-state index in [2.05, 4.69) is 76.3 Å². The molecule has 3 aromatic heterocycles. The van der Waals surface area contributed by atoms with Crippen molar-refractivity contribution in [1.29, 1.82) is 0 Å². The molecule has 4 heterocycles. The molecule has 4 N–H and O–H groups in total. The Morgan fingerprint density at radius 3 is 2.79 bits per heavy atom. The fraction of sp³-hybridized carbons (Fsp3) is 0.0741. The van der Waals surface area contributed by atoms with Crippen LogP contribution in [0.2, 0.25) is 0 Å². The van der Waals surface area contributed by atoms with E-state index in [1.807, 2.05) is 18.2 Å². The zero-order valence-electron chi connectivity index (χ0n) is 18.5. The third-order valence-corrected chi connectivity index (χ3v) is 6.53. The quantitative estimate of drug-likeness (QED) is 0.404. The van der Waals surface area contributed by atoms with Gasteiger partial charge in [-0.05, 0) is 48.0 Å². The predicted molar refractivity (Wildman–Crippen MR) is 135 cm³/mol. The van der Waals surface area contributed by atoms with Gasteiger partial charge in [0.2, 0.25) is 0 Å². The minimum atomic E-state index is -0.698. The highest BCUT2D eigenvalue weighted by molar-refractivity contribution is 7.15. The second kappa shape index (κ2) is 8.85. The molecule has 6 nitrogen and oxygen atoms in total. The minimum absolute atomic E-state index is 0.536. The lowest BCUT2D eigenvalue weighted by atomic mass is 10.0. The molecule has 7 heteroatoms. The standard InChI is InChI=1S/C27H21N5OS/c1-16-6-10-23(34-16)18-7-9-21-22(13-18)25-17(2)30-14-19(8-11-24(28)33)26(25)32-27(21)31-15-20-5-3-4-12-29-20/h3-7,9-10,12-14,31-32H,2,15H2,1H3,(H2,28,33). The number of carbonyl (C=O) groups is 1. The van der Waals surface area contributed by atoms with Crippen LogP contribution in [0.1, 0.15) is 16.1 Å². The van der Waals surface area contributed by atoms with Crippen molar-refractivity contribution in [1.82, 2.24) is 15.3 Å². The number of aryl methyl sites for hydroxylation is 1. The third kappa shape index (κ3) is 4.15. The Labute approximate surface area is 200 Å². The van der Waals surface area contributed by atoms with Crippen LogP contribution in [0.25, 0.3) is 22.8 Å². The number of fused-ring (bicyclic) bond motifs is 2. The van der Waals surface area contributed by atoms with Gasteiger partial charge in [-0.3, -0.25) is 14.8 Å². The van der Waals surface area contributed by atoms with Crippen LogP contribution in [0.15, 0.2) is 60.9 Å². The van der Waals surface area contributed by atoms with Crippen LogP contribution < -0.4 is 26.9 Å². The molecule has 0 fully saturated rings. The first kappa shape index (κ1) is 21.4. The monoisotopic (exact) mass is 463 g/mol. The van der Waals surface area contributed by atoms with Gasteiger partial charge >= 0.3 is 0 Å². The van der Waals surface area contributed by atoms with Gasteiger partial charge in [0, 0.05) is 38.5 Å². The fourth-order valence-electron chi connectivity index (χ4n) is 3.92. The summed E-state index contributed by atoms with van der Waals surface area (Å²) in [6.45, 7) is 6.80. The summed E-state index contributed by atoms with van der Waals surface area (Å²) in [5.74, 6) is 5.38. The second-order valence-electron chi connectivity index (χ2n) is 7.83. The van der Waals surface area contributed by atoms with Gasteiger partial charge in [0.1, 0.15) is 5.82 Å². The van der Waals surface area contributed by atoms with Gasteiger partial charge in [-0.15, -0.1) is 11.3 Å². The van der Waals surface area contributed by atoms with E-state index in [1.165, 1.54) is 9.75 Å². The van der Waals surface area contributed by atoms with Crippen molar-refractivity contribution in [2.45, 2.75) is 13.5 Å². The van der Waals surface area contributed by atoms with Gasteiger partial charge in [-0.25, -0.2) is 0 Å². The topological polar surface area (TPSA) is 92.9 Å². The summed E-state index contributed by atoms with van der Waals surface area (Å²) in [5, 5.41) is 10.4. The van der Waals surface area contributed by atoms with Crippen LogP contribution in [0.5, 0.6) is 0 Å². The molecular weight excluding hydrogens is 442 g/mol. The van der Waals surface area contributed by atoms with E-state index in [-0.39, 0.29) is 0 Å². The smallest absolute Gasteiger partial charge is 0.293 e. The van der Waals surface area contributed by atoms with Gasteiger partial charge in [0.25, 0.3) is 5.91 Å². The summed E-state index contributed by atoms with van der Waals surface area (Å²) in [6, 6.07) is 16.4. The molecule has 5 rings (SSSR count). The molecule has 4 aromatic rings. The highest BCUT2D eigenvalue weighted by Gasteiger charge is 2.15. The number of nitrogens with two attached hydrogens (primary N) is 1. The average molecular weight is 464 g/mol. The van der Waals surface area contributed by atoms with E-state index in [0.29, 0.717) is 17.5 Å². The van der Waals surface area contributed by atoms with Gasteiger partial charge in [0.15, 0.2) is 0 Å². The van der Waals surface area contributed by atoms with Crippen molar-refractivity contribution < 1.29 is 4.79 Å². The largest absolute Gasteiger partial charge is 0.365 e. The Balaban J connectivity index is 1.77. The van der Waals surface area contributed by atoms with E-state index in [0.717, 1.165) is 38.4 Å². The van der Waals surface area contributed by atoms with Crippen LogP contribution in [0, 0.1) is 29.2 Å². The molecule has 0 unspecified atom stereocenters. The van der Waals surface area contributed by atoms with Gasteiger partial charge in [0.05, 0.1) is 28.8 Å². The number of carbonyl (C=O) groups excluding carboxylic acids is 1. The van der Waals surface area contributed by atoms with Crippen LogP contribution >= 0.6 is 11.3 Å². The van der Waals surface area contributed by atoms with Gasteiger partial charge < -0.3 is 16.4 Å². The predicted octanol–water partition coefficient (Wildman–Crippen LogP) is 2.33.